The molecule has 2 rings (SSSR count). The summed E-state index contributed by atoms with van der Waals surface area (Å²) in [6.07, 6.45) is 0.296. The van der Waals surface area contributed by atoms with Crippen LogP contribution in [0.1, 0.15) is 25.0 Å². The van der Waals surface area contributed by atoms with E-state index in [0.717, 1.165) is 6.61 Å². The molecule has 15 heavy (non-hydrogen) atoms. The summed E-state index contributed by atoms with van der Waals surface area (Å²) in [5, 5.41) is 3.56. The average molecular weight is 220 g/mol. The molecule has 1 heterocycles. The third-order valence-corrected chi connectivity index (χ3v) is 3.63. The Morgan fingerprint density at radius 1 is 1.33 bits per heavy atom. The maximum Gasteiger partial charge on any atom is 0.0734 e. The molecule has 0 unspecified atom stereocenters. The van der Waals surface area contributed by atoms with Crippen LogP contribution in [0.4, 0.5) is 0 Å². The summed E-state index contributed by atoms with van der Waals surface area (Å²) >= 11 is 1.81. The first-order chi connectivity index (χ1) is 7.18. The van der Waals surface area contributed by atoms with Crippen molar-refractivity contribution in [3.8, 4) is 0 Å². The van der Waals surface area contributed by atoms with Crippen molar-refractivity contribution < 1.29 is 4.74 Å². The van der Waals surface area contributed by atoms with Gasteiger partial charge in [-0.3, -0.25) is 0 Å². The number of thiophene rings is 1. The highest BCUT2D eigenvalue weighted by Gasteiger charge is 2.06. The quantitative estimate of drug-likeness (QED) is 0.755. The zero-order valence-corrected chi connectivity index (χ0v) is 10.2. The lowest BCUT2D eigenvalue weighted by Gasteiger charge is -2.06. The molecule has 0 spiro atoms. The van der Waals surface area contributed by atoms with Crippen LogP contribution in [0, 0.1) is 6.92 Å². The highest BCUT2D eigenvalue weighted by atomic mass is 32.1. The van der Waals surface area contributed by atoms with Crippen molar-refractivity contribution in [3.63, 3.8) is 0 Å². The van der Waals surface area contributed by atoms with E-state index in [1.54, 1.807) is 0 Å². The van der Waals surface area contributed by atoms with Crippen molar-refractivity contribution in [2.24, 2.45) is 0 Å². The summed E-state index contributed by atoms with van der Waals surface area (Å²) in [5.74, 6) is 0. The molecule has 2 aromatic rings. The standard InChI is InChI=1S/C13H16OS/c1-9(2)14-7-11-8-15-13-10(3)5-4-6-12(11)13/h4-6,8-9H,7H2,1-3H3. The summed E-state index contributed by atoms with van der Waals surface area (Å²) < 4.78 is 7.03. The van der Waals surface area contributed by atoms with Gasteiger partial charge >= 0.3 is 0 Å². The lowest BCUT2D eigenvalue weighted by molar-refractivity contribution is 0.0666. The zero-order chi connectivity index (χ0) is 10.8. The lowest BCUT2D eigenvalue weighted by atomic mass is 10.1. The van der Waals surface area contributed by atoms with Crippen LogP contribution in [-0.2, 0) is 11.3 Å². The van der Waals surface area contributed by atoms with Crippen molar-refractivity contribution >= 4 is 21.4 Å². The molecule has 1 aromatic carbocycles. The van der Waals surface area contributed by atoms with Crippen LogP contribution in [0.25, 0.3) is 10.1 Å². The van der Waals surface area contributed by atoms with Gasteiger partial charge in [-0.2, -0.15) is 0 Å². The fraction of sp³-hybridized carbons (Fsp3) is 0.385. The van der Waals surface area contributed by atoms with Gasteiger partial charge < -0.3 is 4.74 Å². The third-order valence-electron chi connectivity index (χ3n) is 2.45. The van der Waals surface area contributed by atoms with Crippen molar-refractivity contribution in [1.82, 2.24) is 0 Å². The van der Waals surface area contributed by atoms with E-state index >= 15 is 0 Å². The van der Waals surface area contributed by atoms with E-state index in [4.69, 9.17) is 4.74 Å². The molecule has 0 aliphatic carbocycles. The monoisotopic (exact) mass is 220 g/mol. The molecule has 0 atom stereocenters. The number of hydrogen-bond donors (Lipinski definition) is 0. The number of ether oxygens (including phenoxy) is 1. The summed E-state index contributed by atoms with van der Waals surface area (Å²) in [6, 6.07) is 6.45. The van der Waals surface area contributed by atoms with Crippen molar-refractivity contribution in [2.75, 3.05) is 0 Å². The van der Waals surface area contributed by atoms with Gasteiger partial charge in [-0.15, -0.1) is 11.3 Å². The third kappa shape index (κ3) is 2.21. The molecule has 0 N–H and O–H groups in total. The van der Waals surface area contributed by atoms with Gasteiger partial charge in [0.05, 0.1) is 12.7 Å². The van der Waals surface area contributed by atoms with Gasteiger partial charge in [-0.25, -0.2) is 0 Å². The second-order valence-corrected chi connectivity index (χ2v) is 4.95. The van der Waals surface area contributed by atoms with Gasteiger partial charge in [-0.1, -0.05) is 18.2 Å². The van der Waals surface area contributed by atoms with Crippen LogP contribution in [0.2, 0.25) is 0 Å². The van der Waals surface area contributed by atoms with Crippen LogP contribution in [0.15, 0.2) is 23.6 Å². The predicted octanol–water partition coefficient (Wildman–Crippen LogP) is 4.13. The summed E-state index contributed by atoms with van der Waals surface area (Å²) in [6.45, 7) is 7.02. The van der Waals surface area contributed by atoms with Crippen LogP contribution < -0.4 is 0 Å². The van der Waals surface area contributed by atoms with E-state index in [9.17, 15) is 0 Å². The second kappa shape index (κ2) is 4.33. The van der Waals surface area contributed by atoms with Gasteiger partial charge in [0.25, 0.3) is 0 Å². The fourth-order valence-corrected chi connectivity index (χ4v) is 2.66. The van der Waals surface area contributed by atoms with E-state index in [-0.39, 0.29) is 0 Å². The molecule has 2 heteroatoms. The van der Waals surface area contributed by atoms with Gasteiger partial charge in [0.15, 0.2) is 0 Å². The maximum absolute atomic E-state index is 5.64. The van der Waals surface area contributed by atoms with E-state index in [1.165, 1.54) is 21.2 Å². The van der Waals surface area contributed by atoms with Gasteiger partial charge in [0, 0.05) is 4.70 Å². The number of fused-ring (bicyclic) bond motifs is 1. The fourth-order valence-electron chi connectivity index (χ4n) is 1.62. The predicted molar refractivity (Wildman–Crippen MR) is 66.5 cm³/mol. The molecule has 0 bridgehead atoms. The Morgan fingerprint density at radius 2 is 2.13 bits per heavy atom. The van der Waals surface area contributed by atoms with Crippen LogP contribution in [-0.4, -0.2) is 6.10 Å². The van der Waals surface area contributed by atoms with E-state index in [0.29, 0.717) is 6.10 Å². The summed E-state index contributed by atoms with van der Waals surface area (Å²) in [5.41, 5.74) is 2.67. The Balaban J connectivity index is 2.33. The molecule has 0 aliphatic rings. The Kier molecular flexibility index (Phi) is 3.08. The van der Waals surface area contributed by atoms with Gasteiger partial charge in [0.1, 0.15) is 0 Å². The first kappa shape index (κ1) is 10.7. The number of rotatable bonds is 3. The normalized spacial score (nSPS) is 11.5. The smallest absolute Gasteiger partial charge is 0.0734 e. The summed E-state index contributed by atoms with van der Waals surface area (Å²) in [7, 11) is 0. The van der Waals surface area contributed by atoms with Gasteiger partial charge in [0.2, 0.25) is 0 Å². The SMILES string of the molecule is Cc1cccc2c(COC(C)C)csc12. The molecule has 1 nitrogen and oxygen atoms in total. The largest absolute Gasteiger partial charge is 0.374 e. The van der Waals surface area contributed by atoms with E-state index in [2.05, 4.69) is 44.4 Å². The molecular formula is C13H16OS. The van der Waals surface area contributed by atoms with Crippen molar-refractivity contribution in [1.29, 1.82) is 0 Å². The van der Waals surface area contributed by atoms with E-state index in [1.807, 2.05) is 11.3 Å². The minimum Gasteiger partial charge on any atom is -0.374 e. The second-order valence-electron chi connectivity index (χ2n) is 4.07. The Morgan fingerprint density at radius 3 is 2.87 bits per heavy atom. The first-order valence-electron chi connectivity index (χ1n) is 5.26. The van der Waals surface area contributed by atoms with Crippen molar-refractivity contribution in [3.05, 3.63) is 34.7 Å². The van der Waals surface area contributed by atoms with E-state index < -0.39 is 0 Å². The van der Waals surface area contributed by atoms with Crippen molar-refractivity contribution in [2.45, 2.75) is 33.5 Å². The Labute approximate surface area is 94.7 Å². The highest BCUT2D eigenvalue weighted by Crippen LogP contribution is 2.29. The Hall–Kier alpha value is -0.860. The zero-order valence-electron chi connectivity index (χ0n) is 9.41. The molecule has 0 amide bonds. The minimum atomic E-state index is 0.296. The molecule has 0 fully saturated rings. The lowest BCUT2D eigenvalue weighted by Crippen LogP contribution is -2.01. The van der Waals surface area contributed by atoms with Crippen LogP contribution >= 0.6 is 11.3 Å². The number of hydrogen-bond acceptors (Lipinski definition) is 2. The molecule has 0 aliphatic heterocycles. The maximum atomic E-state index is 5.64. The number of benzene rings is 1. The topological polar surface area (TPSA) is 9.23 Å². The molecule has 80 valence electrons. The highest BCUT2D eigenvalue weighted by molar-refractivity contribution is 7.17. The molecule has 1 aromatic heterocycles. The Bertz CT molecular complexity index is 457. The minimum absolute atomic E-state index is 0.296. The molecule has 0 radical (unpaired) electrons. The molecular weight excluding hydrogens is 204 g/mol. The van der Waals surface area contributed by atoms with Crippen LogP contribution in [0.5, 0.6) is 0 Å². The first-order valence-corrected chi connectivity index (χ1v) is 6.13. The van der Waals surface area contributed by atoms with Crippen LogP contribution in [0.3, 0.4) is 0 Å². The summed E-state index contributed by atoms with van der Waals surface area (Å²) in [4.78, 5) is 0. The van der Waals surface area contributed by atoms with Gasteiger partial charge in [-0.05, 0) is 42.7 Å². The number of aryl methyl sites for hydroxylation is 1. The average Bonchev–Trinajstić information content (AvgIpc) is 2.59. The molecule has 0 saturated heterocycles. The molecule has 0 saturated carbocycles.